The number of benzene rings is 1. The van der Waals surface area contributed by atoms with Crippen LogP contribution in [0.15, 0.2) is 24.3 Å². The molecule has 3 nitrogen and oxygen atoms in total. The Morgan fingerprint density at radius 1 is 1.29 bits per heavy atom. The van der Waals surface area contributed by atoms with Crippen molar-refractivity contribution in [3.8, 4) is 0 Å². The van der Waals surface area contributed by atoms with Crippen molar-refractivity contribution in [2.24, 2.45) is 5.41 Å². The zero-order chi connectivity index (χ0) is 15.0. The number of anilines is 2. The Balaban J connectivity index is 1.94. The van der Waals surface area contributed by atoms with Crippen LogP contribution in [0, 0.1) is 12.3 Å². The first kappa shape index (κ1) is 14.2. The van der Waals surface area contributed by atoms with E-state index in [0.29, 0.717) is 11.5 Å². The highest BCUT2D eigenvalue weighted by Gasteiger charge is 2.28. The number of nitrogens with zero attached hydrogens (tertiary/aromatic N) is 1. The zero-order valence-corrected chi connectivity index (χ0v) is 13.2. The lowest BCUT2D eigenvalue weighted by Crippen LogP contribution is -2.31. The van der Waals surface area contributed by atoms with Gasteiger partial charge in [0.25, 0.3) is 0 Å². The number of aryl methyl sites for hydroxylation is 1. The smallest absolute Gasteiger partial charge is 0.0727 e. The fourth-order valence-electron chi connectivity index (χ4n) is 3.54. The Bertz CT molecular complexity index is 661. The molecule has 1 aliphatic carbocycles. The second-order valence-corrected chi connectivity index (χ2v) is 7.19. The monoisotopic (exact) mass is 283 g/mol. The standard InChI is InChI=1S/C18H25N3/c1-12-9-17(15-10-13(19)6-7-16(15)20-12)21-14-5-4-8-18(2,3)11-14/h6-7,9-10,14H,4-5,8,11,19H2,1-3H3,(H,20,21). The Hall–Kier alpha value is -1.77. The molecule has 21 heavy (non-hydrogen) atoms. The van der Waals surface area contributed by atoms with Gasteiger partial charge in [-0.1, -0.05) is 20.3 Å². The van der Waals surface area contributed by atoms with Gasteiger partial charge >= 0.3 is 0 Å². The molecule has 3 rings (SSSR count). The molecule has 112 valence electrons. The number of hydrogen-bond acceptors (Lipinski definition) is 3. The van der Waals surface area contributed by atoms with Gasteiger partial charge in [0, 0.05) is 28.5 Å². The number of nitrogens with two attached hydrogens (primary N) is 1. The predicted molar refractivity (Wildman–Crippen MR) is 90.6 cm³/mol. The molecule has 2 aromatic rings. The van der Waals surface area contributed by atoms with Crippen LogP contribution in [0.1, 0.15) is 45.2 Å². The van der Waals surface area contributed by atoms with Gasteiger partial charge < -0.3 is 11.1 Å². The highest BCUT2D eigenvalue weighted by Crippen LogP contribution is 2.37. The third kappa shape index (κ3) is 3.12. The first-order valence-electron chi connectivity index (χ1n) is 7.86. The predicted octanol–water partition coefficient (Wildman–Crippen LogP) is 4.51. The van der Waals surface area contributed by atoms with Crippen molar-refractivity contribution in [3.05, 3.63) is 30.0 Å². The van der Waals surface area contributed by atoms with Gasteiger partial charge in [-0.3, -0.25) is 4.98 Å². The van der Waals surface area contributed by atoms with Gasteiger partial charge in [0.15, 0.2) is 0 Å². The summed E-state index contributed by atoms with van der Waals surface area (Å²) in [6.45, 7) is 6.79. The first-order valence-corrected chi connectivity index (χ1v) is 7.86. The van der Waals surface area contributed by atoms with E-state index in [2.05, 4.69) is 30.2 Å². The van der Waals surface area contributed by atoms with Crippen LogP contribution in [-0.4, -0.2) is 11.0 Å². The number of hydrogen-bond donors (Lipinski definition) is 2. The summed E-state index contributed by atoms with van der Waals surface area (Å²) in [4.78, 5) is 4.60. The molecule has 1 aromatic heterocycles. The molecule has 1 heterocycles. The lowest BCUT2D eigenvalue weighted by atomic mass is 9.75. The van der Waals surface area contributed by atoms with Crippen LogP contribution in [0.2, 0.25) is 0 Å². The molecular formula is C18H25N3. The van der Waals surface area contributed by atoms with Crippen LogP contribution in [0.25, 0.3) is 10.9 Å². The Morgan fingerprint density at radius 3 is 2.86 bits per heavy atom. The van der Waals surface area contributed by atoms with Gasteiger partial charge in [-0.15, -0.1) is 0 Å². The second kappa shape index (κ2) is 5.21. The lowest BCUT2D eigenvalue weighted by Gasteiger charge is -2.36. The van der Waals surface area contributed by atoms with Gasteiger partial charge in [-0.25, -0.2) is 0 Å². The van der Waals surface area contributed by atoms with E-state index in [1.807, 2.05) is 25.1 Å². The molecule has 3 N–H and O–H groups in total. The van der Waals surface area contributed by atoms with Crippen molar-refractivity contribution in [2.45, 2.75) is 52.5 Å². The summed E-state index contributed by atoms with van der Waals surface area (Å²) < 4.78 is 0. The maximum absolute atomic E-state index is 5.95. The molecule has 3 heteroatoms. The number of fused-ring (bicyclic) bond motifs is 1. The van der Waals surface area contributed by atoms with Crippen molar-refractivity contribution in [1.82, 2.24) is 4.98 Å². The second-order valence-electron chi connectivity index (χ2n) is 7.19. The number of aromatic nitrogens is 1. The van der Waals surface area contributed by atoms with Crippen LogP contribution >= 0.6 is 0 Å². The molecule has 1 aliphatic rings. The number of nitrogens with one attached hydrogen (secondary N) is 1. The van der Waals surface area contributed by atoms with E-state index in [1.165, 1.54) is 31.4 Å². The topological polar surface area (TPSA) is 50.9 Å². The summed E-state index contributed by atoms with van der Waals surface area (Å²) in [7, 11) is 0. The number of rotatable bonds is 2. The fourth-order valence-corrected chi connectivity index (χ4v) is 3.54. The third-order valence-corrected chi connectivity index (χ3v) is 4.53. The first-order chi connectivity index (χ1) is 9.93. The molecule has 0 amide bonds. The quantitative estimate of drug-likeness (QED) is 0.797. The van der Waals surface area contributed by atoms with Crippen molar-refractivity contribution in [3.63, 3.8) is 0 Å². The molecule has 1 atom stereocenters. The maximum atomic E-state index is 5.95. The Morgan fingerprint density at radius 2 is 2.10 bits per heavy atom. The van der Waals surface area contributed by atoms with Gasteiger partial charge in [0.1, 0.15) is 0 Å². The van der Waals surface area contributed by atoms with Crippen LogP contribution in [0.3, 0.4) is 0 Å². The third-order valence-electron chi connectivity index (χ3n) is 4.53. The maximum Gasteiger partial charge on any atom is 0.0727 e. The SMILES string of the molecule is Cc1cc(NC2CCCC(C)(C)C2)c2cc(N)ccc2n1. The van der Waals surface area contributed by atoms with Crippen molar-refractivity contribution in [1.29, 1.82) is 0 Å². The van der Waals surface area contributed by atoms with Crippen LogP contribution in [-0.2, 0) is 0 Å². The fraction of sp³-hybridized carbons (Fsp3) is 0.500. The van der Waals surface area contributed by atoms with E-state index >= 15 is 0 Å². The molecular weight excluding hydrogens is 258 g/mol. The minimum absolute atomic E-state index is 0.437. The van der Waals surface area contributed by atoms with Crippen molar-refractivity contribution in [2.75, 3.05) is 11.1 Å². The minimum Gasteiger partial charge on any atom is -0.399 e. The average molecular weight is 283 g/mol. The van der Waals surface area contributed by atoms with E-state index in [0.717, 1.165) is 22.3 Å². The zero-order valence-electron chi connectivity index (χ0n) is 13.2. The highest BCUT2D eigenvalue weighted by atomic mass is 14.9. The molecule has 0 spiro atoms. The lowest BCUT2D eigenvalue weighted by molar-refractivity contribution is 0.229. The number of pyridine rings is 1. The van der Waals surface area contributed by atoms with Gasteiger partial charge in [-0.2, -0.15) is 0 Å². The normalized spacial score (nSPS) is 21.4. The average Bonchev–Trinajstić information content (AvgIpc) is 2.38. The molecule has 0 aliphatic heterocycles. The Labute approximate surface area is 127 Å². The largest absolute Gasteiger partial charge is 0.399 e. The van der Waals surface area contributed by atoms with Crippen LogP contribution < -0.4 is 11.1 Å². The van der Waals surface area contributed by atoms with Crippen LogP contribution in [0.4, 0.5) is 11.4 Å². The van der Waals surface area contributed by atoms with E-state index in [9.17, 15) is 0 Å². The molecule has 0 bridgehead atoms. The summed E-state index contributed by atoms with van der Waals surface area (Å²) in [6, 6.07) is 8.64. The molecule has 1 saturated carbocycles. The van der Waals surface area contributed by atoms with Gasteiger partial charge in [0.05, 0.1) is 5.52 Å². The number of nitrogen functional groups attached to an aromatic ring is 1. The highest BCUT2D eigenvalue weighted by molar-refractivity contribution is 5.93. The summed E-state index contributed by atoms with van der Waals surface area (Å²) in [5, 5.41) is 4.88. The molecule has 1 aromatic carbocycles. The Kier molecular flexibility index (Phi) is 3.52. The van der Waals surface area contributed by atoms with E-state index in [1.54, 1.807) is 0 Å². The van der Waals surface area contributed by atoms with Crippen molar-refractivity contribution >= 4 is 22.3 Å². The van der Waals surface area contributed by atoms with Gasteiger partial charge in [0.2, 0.25) is 0 Å². The molecule has 0 radical (unpaired) electrons. The van der Waals surface area contributed by atoms with Gasteiger partial charge in [-0.05, 0) is 55.9 Å². The summed E-state index contributed by atoms with van der Waals surface area (Å²) in [6.07, 6.45) is 5.09. The van der Waals surface area contributed by atoms with Crippen LogP contribution in [0.5, 0.6) is 0 Å². The molecule has 0 saturated heterocycles. The minimum atomic E-state index is 0.437. The van der Waals surface area contributed by atoms with Crippen molar-refractivity contribution < 1.29 is 0 Å². The van der Waals surface area contributed by atoms with E-state index < -0.39 is 0 Å². The van der Waals surface area contributed by atoms with E-state index in [-0.39, 0.29) is 0 Å². The molecule has 1 fully saturated rings. The van der Waals surface area contributed by atoms with E-state index in [4.69, 9.17) is 5.73 Å². The molecule has 1 unspecified atom stereocenters. The summed E-state index contributed by atoms with van der Waals surface area (Å²) in [5.74, 6) is 0. The summed E-state index contributed by atoms with van der Waals surface area (Å²) >= 11 is 0. The summed E-state index contributed by atoms with van der Waals surface area (Å²) in [5.41, 5.74) is 10.4.